The van der Waals surface area contributed by atoms with Gasteiger partial charge in [-0.05, 0) is 19.1 Å². The molecule has 1 aromatic heterocycles. The van der Waals surface area contributed by atoms with E-state index in [1.807, 2.05) is 23.8 Å². The lowest BCUT2D eigenvalue weighted by Gasteiger charge is -2.14. The summed E-state index contributed by atoms with van der Waals surface area (Å²) in [5.41, 5.74) is 1.44. The van der Waals surface area contributed by atoms with Gasteiger partial charge in [0, 0.05) is 30.8 Å². The third-order valence-corrected chi connectivity index (χ3v) is 3.01. The number of aldehydes is 1. The Bertz CT molecular complexity index is 589. The summed E-state index contributed by atoms with van der Waals surface area (Å²) in [6, 6.07) is 3.59. The van der Waals surface area contributed by atoms with Gasteiger partial charge in [0.15, 0.2) is 24.6 Å². The molecular formula is C14H17NO4. The zero-order chi connectivity index (χ0) is 13.8. The predicted molar refractivity (Wildman–Crippen MR) is 72.1 cm³/mol. The van der Waals surface area contributed by atoms with Gasteiger partial charge in [-0.1, -0.05) is 0 Å². The fourth-order valence-corrected chi connectivity index (χ4v) is 2.13. The van der Waals surface area contributed by atoms with Crippen LogP contribution in [0.4, 0.5) is 0 Å². The third kappa shape index (κ3) is 2.29. The lowest BCUT2D eigenvalue weighted by Crippen LogP contribution is -2.04. The van der Waals surface area contributed by atoms with Gasteiger partial charge in [-0.25, -0.2) is 0 Å². The number of carbonyl (C=O) groups excluding carboxylic acids is 1. The molecule has 0 amide bonds. The smallest absolute Gasteiger partial charge is 0.189 e. The number of aryl methyl sites for hydroxylation is 1. The highest BCUT2D eigenvalue weighted by atomic mass is 16.7. The molecule has 0 N–H and O–H groups in total. The van der Waals surface area contributed by atoms with Crippen LogP contribution in [0, 0.1) is 0 Å². The second-order valence-electron chi connectivity index (χ2n) is 4.03. The second-order valence-corrected chi connectivity index (χ2v) is 4.03. The van der Waals surface area contributed by atoms with Crippen molar-refractivity contribution in [2.75, 3.05) is 21.0 Å². The molecule has 0 radical (unpaired) electrons. The van der Waals surface area contributed by atoms with Crippen molar-refractivity contribution < 1.29 is 19.0 Å². The minimum atomic E-state index is 0.126. The lowest BCUT2D eigenvalue weighted by atomic mass is 10.1. The third-order valence-electron chi connectivity index (χ3n) is 3.01. The summed E-state index contributed by atoms with van der Waals surface area (Å²) >= 11 is 0. The van der Waals surface area contributed by atoms with Gasteiger partial charge in [0.2, 0.25) is 0 Å². The van der Waals surface area contributed by atoms with E-state index in [0.717, 1.165) is 23.7 Å². The van der Waals surface area contributed by atoms with Gasteiger partial charge in [-0.15, -0.1) is 0 Å². The van der Waals surface area contributed by atoms with E-state index in [9.17, 15) is 4.79 Å². The van der Waals surface area contributed by atoms with Crippen molar-refractivity contribution in [3.8, 4) is 11.5 Å². The normalized spacial score (nSPS) is 10.7. The van der Waals surface area contributed by atoms with Gasteiger partial charge in [-0.3, -0.25) is 4.79 Å². The Hall–Kier alpha value is -2.01. The van der Waals surface area contributed by atoms with Crippen molar-refractivity contribution in [1.29, 1.82) is 0 Å². The van der Waals surface area contributed by atoms with E-state index in [2.05, 4.69) is 0 Å². The monoisotopic (exact) mass is 263 g/mol. The molecule has 19 heavy (non-hydrogen) atoms. The zero-order valence-electron chi connectivity index (χ0n) is 11.3. The molecule has 0 aliphatic rings. The number of hydrogen-bond acceptors (Lipinski definition) is 4. The van der Waals surface area contributed by atoms with Crippen LogP contribution in [0.2, 0.25) is 0 Å². The molecule has 2 aromatic rings. The molecular weight excluding hydrogens is 246 g/mol. The Morgan fingerprint density at radius 1 is 1.37 bits per heavy atom. The van der Waals surface area contributed by atoms with E-state index in [4.69, 9.17) is 14.2 Å². The largest absolute Gasteiger partial charge is 0.493 e. The maximum atomic E-state index is 11.2. The minimum Gasteiger partial charge on any atom is -0.493 e. The van der Waals surface area contributed by atoms with Crippen molar-refractivity contribution in [1.82, 2.24) is 4.57 Å². The van der Waals surface area contributed by atoms with Crippen LogP contribution in [0.15, 0.2) is 18.3 Å². The van der Waals surface area contributed by atoms with Gasteiger partial charge >= 0.3 is 0 Å². The number of rotatable bonds is 6. The van der Waals surface area contributed by atoms with Crippen LogP contribution in [0.1, 0.15) is 17.3 Å². The first-order valence-electron chi connectivity index (χ1n) is 6.03. The van der Waals surface area contributed by atoms with E-state index < -0.39 is 0 Å². The van der Waals surface area contributed by atoms with Gasteiger partial charge < -0.3 is 18.8 Å². The molecule has 1 heterocycles. The molecule has 0 saturated heterocycles. The lowest BCUT2D eigenvalue weighted by molar-refractivity contribution is 0.0500. The molecule has 0 bridgehead atoms. The highest BCUT2D eigenvalue weighted by Crippen LogP contribution is 2.38. The number of hydrogen-bond donors (Lipinski definition) is 0. The molecule has 0 fully saturated rings. The molecule has 2 rings (SSSR count). The van der Waals surface area contributed by atoms with Crippen molar-refractivity contribution in [2.24, 2.45) is 0 Å². The topological polar surface area (TPSA) is 49.7 Å². The number of methoxy groups -OCH3 is 2. The van der Waals surface area contributed by atoms with Crippen LogP contribution >= 0.6 is 0 Å². The summed E-state index contributed by atoms with van der Waals surface area (Å²) in [7, 11) is 3.11. The van der Waals surface area contributed by atoms with Crippen LogP contribution in [0.3, 0.4) is 0 Å². The van der Waals surface area contributed by atoms with Gasteiger partial charge in [0.25, 0.3) is 0 Å². The van der Waals surface area contributed by atoms with Gasteiger partial charge in [-0.2, -0.15) is 0 Å². The first-order chi connectivity index (χ1) is 9.26. The summed E-state index contributed by atoms with van der Waals surface area (Å²) in [4.78, 5) is 11.2. The van der Waals surface area contributed by atoms with Gasteiger partial charge in [0.1, 0.15) is 0 Å². The average molecular weight is 263 g/mol. The predicted octanol–water partition coefficient (Wildman–Crippen LogP) is 2.47. The number of ether oxygens (including phenoxy) is 3. The molecule has 102 valence electrons. The highest BCUT2D eigenvalue weighted by molar-refractivity contribution is 6.01. The van der Waals surface area contributed by atoms with Crippen LogP contribution in [-0.2, 0) is 11.3 Å². The van der Waals surface area contributed by atoms with E-state index in [1.165, 1.54) is 0 Å². The van der Waals surface area contributed by atoms with Crippen molar-refractivity contribution >= 4 is 17.2 Å². The van der Waals surface area contributed by atoms with Crippen molar-refractivity contribution in [3.63, 3.8) is 0 Å². The van der Waals surface area contributed by atoms with Crippen molar-refractivity contribution in [2.45, 2.75) is 13.5 Å². The maximum Gasteiger partial charge on any atom is 0.189 e. The van der Waals surface area contributed by atoms with Crippen molar-refractivity contribution in [3.05, 3.63) is 23.9 Å². The van der Waals surface area contributed by atoms with Crippen LogP contribution < -0.4 is 9.47 Å². The van der Waals surface area contributed by atoms with Gasteiger partial charge in [0.05, 0.1) is 12.6 Å². The highest BCUT2D eigenvalue weighted by Gasteiger charge is 2.17. The molecule has 0 atom stereocenters. The minimum absolute atomic E-state index is 0.126. The summed E-state index contributed by atoms with van der Waals surface area (Å²) in [5, 5.41) is 0.851. The van der Waals surface area contributed by atoms with E-state index >= 15 is 0 Å². The molecule has 1 aromatic carbocycles. The molecule has 0 aliphatic heterocycles. The molecule has 5 heteroatoms. The standard InChI is InChI=1S/C14H17NO4/c1-4-15-6-5-11-10(8-16)7-12(18-3)14(13(11)15)19-9-17-2/h5-8H,4,9H2,1-3H3. The van der Waals surface area contributed by atoms with E-state index in [1.54, 1.807) is 20.3 Å². The molecule has 0 saturated carbocycles. The van der Waals surface area contributed by atoms with Crippen LogP contribution in [0.25, 0.3) is 10.9 Å². The Morgan fingerprint density at radius 2 is 2.16 bits per heavy atom. The molecule has 0 unspecified atom stereocenters. The number of benzene rings is 1. The molecule has 5 nitrogen and oxygen atoms in total. The number of aromatic nitrogens is 1. The summed E-state index contributed by atoms with van der Waals surface area (Å²) in [5.74, 6) is 1.12. The first-order valence-corrected chi connectivity index (χ1v) is 6.03. The van der Waals surface area contributed by atoms with E-state index in [0.29, 0.717) is 17.1 Å². The number of carbonyl (C=O) groups is 1. The quantitative estimate of drug-likeness (QED) is 0.593. The number of nitrogens with zero attached hydrogens (tertiary/aromatic N) is 1. The second kappa shape index (κ2) is 5.75. The fraction of sp³-hybridized carbons (Fsp3) is 0.357. The SMILES string of the molecule is CCn1ccc2c(C=O)cc(OC)c(OCOC)c21. The number of fused-ring (bicyclic) bond motifs is 1. The fourth-order valence-electron chi connectivity index (χ4n) is 2.13. The summed E-state index contributed by atoms with van der Waals surface area (Å²) < 4.78 is 17.9. The summed E-state index contributed by atoms with van der Waals surface area (Å²) in [6.45, 7) is 2.93. The average Bonchev–Trinajstić information content (AvgIpc) is 2.88. The Balaban J connectivity index is 2.72. The van der Waals surface area contributed by atoms with Crippen LogP contribution in [-0.4, -0.2) is 31.9 Å². The molecule has 0 spiro atoms. The first kappa shape index (κ1) is 13.4. The molecule has 0 aliphatic carbocycles. The Morgan fingerprint density at radius 3 is 2.74 bits per heavy atom. The zero-order valence-corrected chi connectivity index (χ0v) is 11.3. The Kier molecular flexibility index (Phi) is 4.06. The maximum absolute atomic E-state index is 11.2. The Labute approximate surface area is 111 Å². The van der Waals surface area contributed by atoms with Crippen LogP contribution in [0.5, 0.6) is 11.5 Å². The van der Waals surface area contributed by atoms with E-state index in [-0.39, 0.29) is 6.79 Å². The summed E-state index contributed by atoms with van der Waals surface area (Å²) in [6.07, 6.45) is 2.75.